The van der Waals surface area contributed by atoms with Gasteiger partial charge >= 0.3 is 0 Å². The Morgan fingerprint density at radius 2 is 1.53 bits per heavy atom. The molecule has 0 aromatic heterocycles. The number of nitrogens with two attached hydrogens (primary N) is 1. The van der Waals surface area contributed by atoms with Crippen molar-refractivity contribution in [3.8, 4) is 11.1 Å². The summed E-state index contributed by atoms with van der Waals surface area (Å²) >= 11 is 0. The Balaban J connectivity index is 2.28. The van der Waals surface area contributed by atoms with Crippen LogP contribution in [0.25, 0.3) is 11.1 Å². The fourth-order valence-corrected chi connectivity index (χ4v) is 1.76. The number of aliphatic imine (C=N–C) groups is 1. The summed E-state index contributed by atoms with van der Waals surface area (Å²) in [5.74, 6) is 0. The van der Waals surface area contributed by atoms with Crippen molar-refractivity contribution in [3.63, 3.8) is 0 Å². The van der Waals surface area contributed by atoms with Crippen LogP contribution in [0.4, 0.5) is 0 Å². The molecule has 0 heterocycles. The molecule has 0 saturated heterocycles. The van der Waals surface area contributed by atoms with Crippen LogP contribution < -0.4 is 5.73 Å². The largest absolute Gasteiger partial charge is 0.312 e. The molecular weight excluding hydrogens is 208 g/mol. The van der Waals surface area contributed by atoms with Crippen LogP contribution in [0.5, 0.6) is 0 Å². The van der Waals surface area contributed by atoms with Crippen LogP contribution in [0.2, 0.25) is 0 Å². The third-order valence-corrected chi connectivity index (χ3v) is 2.74. The summed E-state index contributed by atoms with van der Waals surface area (Å²) in [6, 6.07) is 18.7. The normalized spacial score (nSPS) is 11.5. The van der Waals surface area contributed by atoms with E-state index in [4.69, 9.17) is 5.73 Å². The molecule has 2 N–H and O–H groups in total. The van der Waals surface area contributed by atoms with Crippen molar-refractivity contribution in [2.24, 2.45) is 10.7 Å². The lowest BCUT2D eigenvalue weighted by molar-refractivity contribution is 1.07. The zero-order chi connectivity index (χ0) is 12.1. The van der Waals surface area contributed by atoms with Crippen LogP contribution in [0.15, 0.2) is 59.6 Å². The number of rotatable bonds is 3. The maximum atomic E-state index is 5.40. The van der Waals surface area contributed by atoms with Gasteiger partial charge in [0.2, 0.25) is 0 Å². The lowest BCUT2D eigenvalue weighted by atomic mass is 10.0. The van der Waals surface area contributed by atoms with Crippen molar-refractivity contribution in [3.05, 3.63) is 60.2 Å². The second-order valence-electron chi connectivity index (χ2n) is 3.87. The van der Waals surface area contributed by atoms with Gasteiger partial charge in [-0.2, -0.15) is 0 Å². The van der Waals surface area contributed by atoms with Crippen molar-refractivity contribution < 1.29 is 0 Å². The molecule has 17 heavy (non-hydrogen) atoms. The van der Waals surface area contributed by atoms with E-state index < -0.39 is 0 Å². The van der Waals surface area contributed by atoms with Crippen LogP contribution in [0.3, 0.4) is 0 Å². The molecule has 0 fully saturated rings. The average Bonchev–Trinajstić information content (AvgIpc) is 2.40. The minimum absolute atomic E-state index is 0.340. The predicted octanol–water partition coefficient (Wildman–Crippen LogP) is 3.08. The molecule has 2 aromatic rings. The summed E-state index contributed by atoms with van der Waals surface area (Å²) in [4.78, 5) is 4.19. The number of benzene rings is 2. The molecule has 0 atom stereocenters. The molecule has 0 bridgehead atoms. The van der Waals surface area contributed by atoms with Crippen molar-refractivity contribution in [1.82, 2.24) is 0 Å². The van der Waals surface area contributed by atoms with Gasteiger partial charge in [0.05, 0.1) is 6.67 Å². The molecule has 0 amide bonds. The van der Waals surface area contributed by atoms with Crippen LogP contribution >= 0.6 is 0 Å². The lowest BCUT2D eigenvalue weighted by Gasteiger charge is -2.04. The van der Waals surface area contributed by atoms with Crippen molar-refractivity contribution in [1.29, 1.82) is 0 Å². The van der Waals surface area contributed by atoms with Crippen molar-refractivity contribution >= 4 is 5.71 Å². The zero-order valence-corrected chi connectivity index (χ0v) is 9.93. The first-order chi connectivity index (χ1) is 8.31. The molecule has 2 nitrogen and oxygen atoms in total. The fourth-order valence-electron chi connectivity index (χ4n) is 1.76. The molecule has 2 aromatic carbocycles. The quantitative estimate of drug-likeness (QED) is 0.799. The summed E-state index contributed by atoms with van der Waals surface area (Å²) in [7, 11) is 0. The summed E-state index contributed by atoms with van der Waals surface area (Å²) < 4.78 is 0. The Labute approximate surface area is 102 Å². The lowest BCUT2D eigenvalue weighted by Crippen LogP contribution is -2.01. The first kappa shape index (κ1) is 11.6. The molecule has 0 spiro atoms. The maximum absolute atomic E-state index is 5.40. The minimum Gasteiger partial charge on any atom is -0.312 e. The predicted molar refractivity (Wildman–Crippen MR) is 73.1 cm³/mol. The Morgan fingerprint density at radius 3 is 2.12 bits per heavy atom. The van der Waals surface area contributed by atoms with Gasteiger partial charge in [0, 0.05) is 5.71 Å². The Kier molecular flexibility index (Phi) is 3.68. The van der Waals surface area contributed by atoms with E-state index in [1.165, 1.54) is 11.1 Å². The van der Waals surface area contributed by atoms with Crippen molar-refractivity contribution in [2.75, 3.05) is 6.67 Å². The van der Waals surface area contributed by atoms with Crippen LogP contribution in [0.1, 0.15) is 12.5 Å². The summed E-state index contributed by atoms with van der Waals surface area (Å²) in [5.41, 5.74) is 9.95. The topological polar surface area (TPSA) is 38.4 Å². The van der Waals surface area contributed by atoms with Crippen LogP contribution in [-0.2, 0) is 0 Å². The Hall–Kier alpha value is -1.93. The van der Waals surface area contributed by atoms with Gasteiger partial charge in [-0.3, -0.25) is 4.99 Å². The van der Waals surface area contributed by atoms with E-state index in [0.717, 1.165) is 11.3 Å². The number of hydrogen-bond donors (Lipinski definition) is 1. The average molecular weight is 224 g/mol. The molecule has 2 heteroatoms. The highest BCUT2D eigenvalue weighted by molar-refractivity contribution is 5.99. The second kappa shape index (κ2) is 5.41. The van der Waals surface area contributed by atoms with E-state index >= 15 is 0 Å². The molecule has 0 aliphatic heterocycles. The third kappa shape index (κ3) is 2.80. The highest BCUT2D eigenvalue weighted by Gasteiger charge is 1.99. The van der Waals surface area contributed by atoms with Gasteiger partial charge < -0.3 is 5.73 Å². The van der Waals surface area contributed by atoms with Crippen molar-refractivity contribution in [2.45, 2.75) is 6.92 Å². The SMILES string of the molecule is C/C(=N\CN)c1ccc(-c2ccccc2)cc1. The molecule has 86 valence electrons. The second-order valence-corrected chi connectivity index (χ2v) is 3.87. The Morgan fingerprint density at radius 1 is 0.941 bits per heavy atom. The highest BCUT2D eigenvalue weighted by atomic mass is 14.9. The Bertz CT molecular complexity index is 498. The molecule has 0 unspecified atom stereocenters. The van der Waals surface area contributed by atoms with Gasteiger partial charge in [-0.25, -0.2) is 0 Å². The van der Waals surface area contributed by atoms with Gasteiger partial charge in [0.1, 0.15) is 0 Å². The van der Waals surface area contributed by atoms with Gasteiger partial charge in [0.25, 0.3) is 0 Å². The standard InChI is InChI=1S/C15H16N2/c1-12(17-11-16)13-7-9-15(10-8-13)14-5-3-2-4-6-14/h2-10H,11,16H2,1H3/b17-12+. The summed E-state index contributed by atoms with van der Waals surface area (Å²) in [5, 5.41) is 0. The molecular formula is C15H16N2. The van der Waals surface area contributed by atoms with Gasteiger partial charge in [-0.05, 0) is 23.6 Å². The third-order valence-electron chi connectivity index (χ3n) is 2.74. The highest BCUT2D eigenvalue weighted by Crippen LogP contribution is 2.19. The van der Waals surface area contributed by atoms with E-state index in [-0.39, 0.29) is 0 Å². The zero-order valence-electron chi connectivity index (χ0n) is 9.93. The number of nitrogens with zero attached hydrogens (tertiary/aromatic N) is 1. The molecule has 0 aliphatic carbocycles. The monoisotopic (exact) mass is 224 g/mol. The first-order valence-electron chi connectivity index (χ1n) is 5.68. The fraction of sp³-hybridized carbons (Fsp3) is 0.133. The van der Waals surface area contributed by atoms with E-state index in [2.05, 4.69) is 41.4 Å². The van der Waals surface area contributed by atoms with E-state index in [1.807, 2.05) is 25.1 Å². The van der Waals surface area contributed by atoms with E-state index in [9.17, 15) is 0 Å². The smallest absolute Gasteiger partial charge is 0.0862 e. The number of hydrogen-bond acceptors (Lipinski definition) is 2. The maximum Gasteiger partial charge on any atom is 0.0862 e. The van der Waals surface area contributed by atoms with Crippen LogP contribution in [-0.4, -0.2) is 12.4 Å². The molecule has 0 radical (unpaired) electrons. The van der Waals surface area contributed by atoms with Gasteiger partial charge in [-0.15, -0.1) is 0 Å². The molecule has 2 rings (SSSR count). The summed E-state index contributed by atoms with van der Waals surface area (Å²) in [6.07, 6.45) is 0. The van der Waals surface area contributed by atoms with Gasteiger partial charge in [-0.1, -0.05) is 54.6 Å². The van der Waals surface area contributed by atoms with E-state index in [1.54, 1.807) is 0 Å². The van der Waals surface area contributed by atoms with Gasteiger partial charge in [0.15, 0.2) is 0 Å². The summed E-state index contributed by atoms with van der Waals surface area (Å²) in [6.45, 7) is 2.32. The van der Waals surface area contributed by atoms with E-state index in [0.29, 0.717) is 6.67 Å². The first-order valence-corrected chi connectivity index (χ1v) is 5.68. The van der Waals surface area contributed by atoms with Crippen LogP contribution in [0, 0.1) is 0 Å². The molecule has 0 saturated carbocycles. The minimum atomic E-state index is 0.340. The molecule has 0 aliphatic rings.